The minimum atomic E-state index is -0.323. The lowest BCUT2D eigenvalue weighted by atomic mass is 10.0. The van der Waals surface area contributed by atoms with Crippen molar-refractivity contribution in [2.75, 3.05) is 7.11 Å². The standard InChI is InChI=1S/C21H17NO3/c1-12-13(2)21(23)25-19-11-15(10-18(24-3)20(12)19)17-9-8-14-6-4-5-7-16(14)22-17/h4-11H,1-3H3. The monoisotopic (exact) mass is 331 g/mol. The minimum Gasteiger partial charge on any atom is -0.496 e. The number of methoxy groups -OCH3 is 1. The maximum absolute atomic E-state index is 12.1. The third-order valence-corrected chi connectivity index (χ3v) is 4.63. The van der Waals surface area contributed by atoms with Crippen molar-refractivity contribution in [3.63, 3.8) is 0 Å². The quantitative estimate of drug-likeness (QED) is 0.502. The second-order valence-electron chi connectivity index (χ2n) is 6.08. The smallest absolute Gasteiger partial charge is 0.339 e. The number of hydrogen-bond donors (Lipinski definition) is 0. The lowest BCUT2D eigenvalue weighted by Crippen LogP contribution is -2.06. The maximum Gasteiger partial charge on any atom is 0.339 e. The summed E-state index contributed by atoms with van der Waals surface area (Å²) in [6.45, 7) is 3.67. The Kier molecular flexibility index (Phi) is 3.53. The first-order valence-electron chi connectivity index (χ1n) is 8.06. The largest absolute Gasteiger partial charge is 0.496 e. The van der Waals surface area contributed by atoms with Gasteiger partial charge in [-0.05, 0) is 43.7 Å². The second kappa shape index (κ2) is 5.74. The van der Waals surface area contributed by atoms with E-state index in [2.05, 4.69) is 0 Å². The molecule has 0 saturated heterocycles. The van der Waals surface area contributed by atoms with Gasteiger partial charge in [0.25, 0.3) is 0 Å². The molecule has 4 aromatic rings. The first-order chi connectivity index (χ1) is 12.1. The molecule has 0 radical (unpaired) electrons. The van der Waals surface area contributed by atoms with Crippen LogP contribution in [0.25, 0.3) is 33.1 Å². The lowest BCUT2D eigenvalue weighted by molar-refractivity contribution is 0.418. The van der Waals surface area contributed by atoms with Crippen LogP contribution in [0.5, 0.6) is 5.75 Å². The van der Waals surface area contributed by atoms with Crippen LogP contribution < -0.4 is 10.4 Å². The summed E-state index contributed by atoms with van der Waals surface area (Å²) in [4.78, 5) is 16.8. The highest BCUT2D eigenvalue weighted by molar-refractivity contribution is 5.92. The number of nitrogens with zero attached hydrogens (tertiary/aromatic N) is 1. The Morgan fingerprint density at radius 3 is 2.60 bits per heavy atom. The summed E-state index contributed by atoms with van der Waals surface area (Å²) in [5, 5.41) is 1.90. The van der Waals surface area contributed by atoms with Crippen molar-refractivity contribution in [1.82, 2.24) is 4.98 Å². The van der Waals surface area contributed by atoms with Crippen LogP contribution in [0.1, 0.15) is 11.1 Å². The van der Waals surface area contributed by atoms with Crippen LogP contribution in [-0.2, 0) is 0 Å². The Bertz CT molecular complexity index is 1180. The highest BCUT2D eigenvalue weighted by atomic mass is 16.5. The van der Waals surface area contributed by atoms with Crippen LogP contribution >= 0.6 is 0 Å². The third kappa shape index (κ3) is 2.47. The fraction of sp³-hybridized carbons (Fsp3) is 0.143. The predicted molar refractivity (Wildman–Crippen MR) is 99.2 cm³/mol. The average Bonchev–Trinajstić information content (AvgIpc) is 2.64. The van der Waals surface area contributed by atoms with Crippen LogP contribution in [0.2, 0.25) is 0 Å². The summed E-state index contributed by atoms with van der Waals surface area (Å²) in [7, 11) is 1.62. The number of aryl methyl sites for hydroxylation is 1. The van der Waals surface area contributed by atoms with Crippen molar-refractivity contribution < 1.29 is 9.15 Å². The molecule has 0 fully saturated rings. The van der Waals surface area contributed by atoms with Crippen LogP contribution in [0.3, 0.4) is 0 Å². The van der Waals surface area contributed by atoms with Crippen molar-refractivity contribution in [2.24, 2.45) is 0 Å². The van der Waals surface area contributed by atoms with Crippen LogP contribution in [0.15, 0.2) is 57.7 Å². The summed E-state index contributed by atoms with van der Waals surface area (Å²) < 4.78 is 11.1. The van der Waals surface area contributed by atoms with E-state index >= 15 is 0 Å². The molecule has 0 spiro atoms. The van der Waals surface area contributed by atoms with Crippen LogP contribution in [-0.4, -0.2) is 12.1 Å². The van der Waals surface area contributed by atoms with Gasteiger partial charge in [0.2, 0.25) is 0 Å². The van der Waals surface area contributed by atoms with E-state index in [4.69, 9.17) is 14.1 Å². The molecule has 0 N–H and O–H groups in total. The minimum absolute atomic E-state index is 0.323. The number of hydrogen-bond acceptors (Lipinski definition) is 4. The predicted octanol–water partition coefficient (Wildman–Crippen LogP) is 4.63. The van der Waals surface area contributed by atoms with Gasteiger partial charge < -0.3 is 9.15 Å². The fourth-order valence-corrected chi connectivity index (χ4v) is 3.09. The Morgan fingerprint density at radius 2 is 1.80 bits per heavy atom. The molecular formula is C21H17NO3. The SMILES string of the molecule is COc1cc(-c2ccc3ccccc3n2)cc2oc(=O)c(C)c(C)c12. The topological polar surface area (TPSA) is 52.3 Å². The molecule has 2 aromatic heterocycles. The molecule has 25 heavy (non-hydrogen) atoms. The second-order valence-corrected chi connectivity index (χ2v) is 6.08. The first kappa shape index (κ1) is 15.4. The maximum atomic E-state index is 12.1. The summed E-state index contributed by atoms with van der Waals surface area (Å²) in [6, 6.07) is 15.7. The molecule has 2 heterocycles. The molecule has 0 unspecified atom stereocenters. The van der Waals surface area contributed by atoms with E-state index in [-0.39, 0.29) is 5.63 Å². The number of ether oxygens (including phenoxy) is 1. The van der Waals surface area contributed by atoms with E-state index in [9.17, 15) is 4.79 Å². The van der Waals surface area contributed by atoms with E-state index in [0.717, 1.165) is 33.1 Å². The van der Waals surface area contributed by atoms with Gasteiger partial charge >= 0.3 is 5.63 Å². The Hall–Kier alpha value is -3.14. The molecule has 4 heteroatoms. The molecule has 2 aromatic carbocycles. The molecule has 4 nitrogen and oxygen atoms in total. The molecule has 124 valence electrons. The average molecular weight is 331 g/mol. The van der Waals surface area contributed by atoms with Crippen molar-refractivity contribution in [3.8, 4) is 17.0 Å². The van der Waals surface area contributed by atoms with Gasteiger partial charge in [0.05, 0.1) is 23.7 Å². The van der Waals surface area contributed by atoms with Crippen molar-refractivity contribution in [2.45, 2.75) is 13.8 Å². The molecule has 0 amide bonds. The van der Waals surface area contributed by atoms with Gasteiger partial charge in [0, 0.05) is 16.5 Å². The lowest BCUT2D eigenvalue weighted by Gasteiger charge is -2.12. The zero-order chi connectivity index (χ0) is 17.6. The van der Waals surface area contributed by atoms with E-state index in [1.54, 1.807) is 14.0 Å². The summed E-state index contributed by atoms with van der Waals surface area (Å²) >= 11 is 0. The van der Waals surface area contributed by atoms with E-state index in [1.165, 1.54) is 0 Å². The molecule has 0 aliphatic rings. The number of benzene rings is 2. The number of pyridine rings is 1. The fourth-order valence-electron chi connectivity index (χ4n) is 3.09. The van der Waals surface area contributed by atoms with Gasteiger partial charge in [-0.3, -0.25) is 0 Å². The zero-order valence-electron chi connectivity index (χ0n) is 14.3. The summed E-state index contributed by atoms with van der Waals surface area (Å²) in [5.41, 5.74) is 4.23. The Morgan fingerprint density at radius 1 is 1.00 bits per heavy atom. The van der Waals surface area contributed by atoms with Crippen molar-refractivity contribution >= 4 is 21.9 Å². The molecule has 0 aliphatic carbocycles. The van der Waals surface area contributed by atoms with Gasteiger partial charge in [-0.25, -0.2) is 9.78 Å². The van der Waals surface area contributed by atoms with Gasteiger partial charge in [-0.1, -0.05) is 24.3 Å². The summed E-state index contributed by atoms with van der Waals surface area (Å²) in [6.07, 6.45) is 0. The summed E-state index contributed by atoms with van der Waals surface area (Å²) in [5.74, 6) is 0.673. The van der Waals surface area contributed by atoms with E-state index in [0.29, 0.717) is 16.9 Å². The van der Waals surface area contributed by atoms with E-state index < -0.39 is 0 Å². The molecule has 0 saturated carbocycles. The molecule has 0 atom stereocenters. The molecule has 0 bridgehead atoms. The molecular weight excluding hydrogens is 314 g/mol. The van der Waals surface area contributed by atoms with Gasteiger partial charge in [-0.15, -0.1) is 0 Å². The third-order valence-electron chi connectivity index (χ3n) is 4.63. The zero-order valence-corrected chi connectivity index (χ0v) is 14.3. The highest BCUT2D eigenvalue weighted by Gasteiger charge is 2.15. The van der Waals surface area contributed by atoms with Crippen LogP contribution in [0, 0.1) is 13.8 Å². The highest BCUT2D eigenvalue weighted by Crippen LogP contribution is 2.34. The number of rotatable bonds is 2. The van der Waals surface area contributed by atoms with Crippen molar-refractivity contribution in [3.05, 3.63) is 70.1 Å². The van der Waals surface area contributed by atoms with Crippen LogP contribution in [0.4, 0.5) is 0 Å². The number of fused-ring (bicyclic) bond motifs is 2. The van der Waals surface area contributed by atoms with Gasteiger partial charge in [0.1, 0.15) is 11.3 Å². The molecule has 0 aliphatic heterocycles. The van der Waals surface area contributed by atoms with E-state index in [1.807, 2.05) is 55.5 Å². The van der Waals surface area contributed by atoms with Gasteiger partial charge in [0.15, 0.2) is 0 Å². The normalized spacial score (nSPS) is 11.2. The number of para-hydroxylation sites is 1. The Balaban J connectivity index is 2.01. The Labute approximate surface area is 144 Å². The van der Waals surface area contributed by atoms with Gasteiger partial charge in [-0.2, -0.15) is 0 Å². The first-order valence-corrected chi connectivity index (χ1v) is 8.06. The number of aromatic nitrogens is 1. The van der Waals surface area contributed by atoms with Crippen molar-refractivity contribution in [1.29, 1.82) is 0 Å². The molecule has 4 rings (SSSR count).